The molecule has 0 radical (unpaired) electrons. The molecule has 1 rings (SSSR count). The van der Waals surface area contributed by atoms with E-state index in [1.54, 1.807) is 18.6 Å². The third kappa shape index (κ3) is 4.85. The maximum absolute atomic E-state index is 4.23. The molecule has 0 aliphatic heterocycles. The van der Waals surface area contributed by atoms with E-state index in [9.17, 15) is 0 Å². The van der Waals surface area contributed by atoms with Gasteiger partial charge in [0.05, 0.1) is 24.1 Å². The highest BCUT2D eigenvalue weighted by atomic mass is 79.9. The molecule has 0 fully saturated rings. The first kappa shape index (κ1) is 14.7. The third-order valence-corrected chi connectivity index (χ3v) is 2.58. The first-order valence-electron chi connectivity index (χ1n) is 5.52. The lowest BCUT2D eigenvalue weighted by atomic mass is 10.3. The Morgan fingerprint density at radius 1 is 1.56 bits per heavy atom. The standard InChI is InChI=1S/C12H16BrN5/c1-4-5-15-12(14-3)9(2)16-6-10-7-18-11(13)8-17-10/h4-5,7-9,16H,3,6H2,1-2H3/b5-4-,15-12?. The van der Waals surface area contributed by atoms with Crippen molar-refractivity contribution in [3.8, 4) is 0 Å². The number of rotatable bonds is 5. The van der Waals surface area contributed by atoms with Gasteiger partial charge in [-0.2, -0.15) is 0 Å². The van der Waals surface area contributed by atoms with Crippen LogP contribution in [0.4, 0.5) is 0 Å². The van der Waals surface area contributed by atoms with E-state index in [-0.39, 0.29) is 6.04 Å². The number of hydrogen-bond donors (Lipinski definition) is 1. The Morgan fingerprint density at radius 2 is 2.33 bits per heavy atom. The molecule has 0 bridgehead atoms. The van der Waals surface area contributed by atoms with Gasteiger partial charge in [-0.05, 0) is 36.5 Å². The average Bonchev–Trinajstić information content (AvgIpc) is 2.39. The van der Waals surface area contributed by atoms with Gasteiger partial charge in [-0.25, -0.2) is 15.0 Å². The monoisotopic (exact) mass is 309 g/mol. The fourth-order valence-corrected chi connectivity index (χ4v) is 1.42. The summed E-state index contributed by atoms with van der Waals surface area (Å²) in [5.74, 6) is 0.651. The van der Waals surface area contributed by atoms with Crippen molar-refractivity contribution in [3.05, 3.63) is 35.0 Å². The predicted octanol–water partition coefficient (Wildman–Crippen LogP) is 2.35. The smallest absolute Gasteiger partial charge is 0.144 e. The molecule has 0 aliphatic rings. The van der Waals surface area contributed by atoms with Crippen molar-refractivity contribution in [2.45, 2.75) is 26.4 Å². The molecular formula is C12H16BrN5. The van der Waals surface area contributed by atoms with Crippen molar-refractivity contribution in [2.75, 3.05) is 0 Å². The van der Waals surface area contributed by atoms with Gasteiger partial charge in [0.15, 0.2) is 0 Å². The second-order valence-electron chi connectivity index (χ2n) is 3.56. The van der Waals surface area contributed by atoms with Crippen LogP contribution in [0.3, 0.4) is 0 Å². The summed E-state index contributed by atoms with van der Waals surface area (Å²) in [6.45, 7) is 7.99. The molecule has 5 nitrogen and oxygen atoms in total. The molecule has 0 saturated heterocycles. The predicted molar refractivity (Wildman–Crippen MR) is 77.8 cm³/mol. The number of halogens is 1. The van der Waals surface area contributed by atoms with Gasteiger partial charge in [-0.3, -0.25) is 4.98 Å². The fraction of sp³-hybridized carbons (Fsp3) is 0.333. The Balaban J connectivity index is 2.56. The van der Waals surface area contributed by atoms with Gasteiger partial charge in [0.2, 0.25) is 0 Å². The molecule has 1 N–H and O–H groups in total. The number of nitrogens with one attached hydrogen (secondary N) is 1. The first-order chi connectivity index (χ1) is 8.67. The van der Waals surface area contributed by atoms with Crippen LogP contribution in [0.2, 0.25) is 0 Å². The Hall–Kier alpha value is -1.40. The van der Waals surface area contributed by atoms with Crippen LogP contribution in [-0.2, 0) is 6.54 Å². The highest BCUT2D eigenvalue weighted by molar-refractivity contribution is 9.10. The lowest BCUT2D eigenvalue weighted by Crippen LogP contribution is -2.32. The number of nitrogens with zero attached hydrogens (tertiary/aromatic N) is 4. The van der Waals surface area contributed by atoms with Gasteiger partial charge in [0, 0.05) is 12.7 Å². The molecule has 0 aromatic carbocycles. The summed E-state index contributed by atoms with van der Waals surface area (Å²) < 4.78 is 0.724. The highest BCUT2D eigenvalue weighted by Crippen LogP contribution is 2.03. The zero-order valence-electron chi connectivity index (χ0n) is 10.5. The van der Waals surface area contributed by atoms with Gasteiger partial charge < -0.3 is 5.32 Å². The molecule has 6 heteroatoms. The quantitative estimate of drug-likeness (QED) is 0.671. The lowest BCUT2D eigenvalue weighted by molar-refractivity contribution is 0.641. The zero-order valence-corrected chi connectivity index (χ0v) is 12.1. The topological polar surface area (TPSA) is 62.5 Å². The summed E-state index contributed by atoms with van der Waals surface area (Å²) in [5.41, 5.74) is 0.861. The summed E-state index contributed by atoms with van der Waals surface area (Å²) in [6, 6.07) is 0.00384. The van der Waals surface area contributed by atoms with Crippen molar-refractivity contribution < 1.29 is 0 Å². The Labute approximate surface area is 115 Å². The second-order valence-corrected chi connectivity index (χ2v) is 4.37. The molecule has 18 heavy (non-hydrogen) atoms. The van der Waals surface area contributed by atoms with E-state index in [1.165, 1.54) is 0 Å². The molecule has 0 aliphatic carbocycles. The molecule has 1 atom stereocenters. The SMILES string of the molecule is C=NC(=N/C=C\C)C(C)NCc1cnc(Br)cn1. The third-order valence-electron chi connectivity index (χ3n) is 2.17. The van der Waals surface area contributed by atoms with Crippen molar-refractivity contribution in [2.24, 2.45) is 9.98 Å². The first-order valence-corrected chi connectivity index (χ1v) is 6.32. The molecule has 0 amide bonds. The number of allylic oxidation sites excluding steroid dienone is 1. The Bertz CT molecular complexity index is 438. The van der Waals surface area contributed by atoms with Crippen molar-refractivity contribution in [3.63, 3.8) is 0 Å². The molecule has 1 aromatic rings. The summed E-state index contributed by atoms with van der Waals surface area (Å²) >= 11 is 3.24. The maximum atomic E-state index is 4.23. The minimum Gasteiger partial charge on any atom is -0.302 e. The highest BCUT2D eigenvalue weighted by Gasteiger charge is 2.07. The van der Waals surface area contributed by atoms with Gasteiger partial charge in [0.25, 0.3) is 0 Å². The molecule has 1 unspecified atom stereocenters. The molecule has 0 spiro atoms. The average molecular weight is 310 g/mol. The van der Waals surface area contributed by atoms with Crippen LogP contribution in [0.15, 0.2) is 39.3 Å². The van der Waals surface area contributed by atoms with Crippen LogP contribution in [0, 0.1) is 0 Å². The van der Waals surface area contributed by atoms with Gasteiger partial charge in [-0.15, -0.1) is 0 Å². The largest absolute Gasteiger partial charge is 0.302 e. The van der Waals surface area contributed by atoms with E-state index < -0.39 is 0 Å². The van der Waals surface area contributed by atoms with E-state index in [0.29, 0.717) is 12.4 Å². The maximum Gasteiger partial charge on any atom is 0.144 e. The zero-order chi connectivity index (χ0) is 13.4. The number of hydrogen-bond acceptors (Lipinski definition) is 4. The lowest BCUT2D eigenvalue weighted by Gasteiger charge is -2.12. The molecule has 1 aromatic heterocycles. The van der Waals surface area contributed by atoms with Gasteiger partial charge in [0.1, 0.15) is 10.4 Å². The normalized spacial score (nSPS) is 13.8. The van der Waals surface area contributed by atoms with E-state index in [4.69, 9.17) is 0 Å². The van der Waals surface area contributed by atoms with E-state index in [0.717, 1.165) is 10.3 Å². The fourth-order valence-electron chi connectivity index (χ4n) is 1.22. The van der Waals surface area contributed by atoms with Gasteiger partial charge in [-0.1, -0.05) is 6.08 Å². The van der Waals surface area contributed by atoms with E-state index in [2.05, 4.69) is 47.9 Å². The number of aromatic nitrogens is 2. The van der Waals surface area contributed by atoms with Crippen LogP contribution < -0.4 is 5.32 Å². The minimum absolute atomic E-state index is 0.00384. The van der Waals surface area contributed by atoms with Crippen LogP contribution >= 0.6 is 15.9 Å². The minimum atomic E-state index is 0.00384. The molecule has 0 saturated carbocycles. The number of aliphatic imine (C=N–C) groups is 2. The molecule has 96 valence electrons. The number of amidine groups is 1. The summed E-state index contributed by atoms with van der Waals surface area (Å²) in [4.78, 5) is 16.4. The van der Waals surface area contributed by atoms with Crippen molar-refractivity contribution in [1.82, 2.24) is 15.3 Å². The Kier molecular flexibility index (Phi) is 6.38. The van der Waals surface area contributed by atoms with Crippen molar-refractivity contribution in [1.29, 1.82) is 0 Å². The van der Waals surface area contributed by atoms with Gasteiger partial charge >= 0.3 is 0 Å². The van der Waals surface area contributed by atoms with Crippen LogP contribution in [0.1, 0.15) is 19.5 Å². The second kappa shape index (κ2) is 7.84. The van der Waals surface area contributed by atoms with Crippen LogP contribution in [-0.4, -0.2) is 28.6 Å². The Morgan fingerprint density at radius 3 is 2.89 bits per heavy atom. The van der Waals surface area contributed by atoms with Crippen LogP contribution in [0.5, 0.6) is 0 Å². The molecular weight excluding hydrogens is 294 g/mol. The van der Waals surface area contributed by atoms with E-state index in [1.807, 2.05) is 19.9 Å². The molecule has 1 heterocycles. The van der Waals surface area contributed by atoms with Crippen molar-refractivity contribution >= 4 is 28.5 Å². The van der Waals surface area contributed by atoms with Crippen LogP contribution in [0.25, 0.3) is 0 Å². The summed E-state index contributed by atoms with van der Waals surface area (Å²) in [6.07, 6.45) is 6.93. The summed E-state index contributed by atoms with van der Waals surface area (Å²) in [7, 11) is 0. The summed E-state index contributed by atoms with van der Waals surface area (Å²) in [5, 5.41) is 3.26. The van der Waals surface area contributed by atoms with E-state index >= 15 is 0 Å².